The Morgan fingerprint density at radius 3 is 2.38 bits per heavy atom. The van der Waals surface area contributed by atoms with Crippen LogP contribution in [0, 0.1) is 5.82 Å². The molecule has 0 saturated carbocycles. The second kappa shape index (κ2) is 4.09. The number of benzene rings is 1. The molecule has 0 fully saturated rings. The minimum absolute atomic E-state index is 0.270. The Kier molecular flexibility index (Phi) is 2.78. The number of rotatable bonds is 2. The van der Waals surface area contributed by atoms with Gasteiger partial charge < -0.3 is 4.90 Å². The largest absolute Gasteiger partial charge is 0.314 e. The Hall–Kier alpha value is -1.62. The van der Waals surface area contributed by atoms with Gasteiger partial charge in [0.25, 0.3) is 0 Å². The van der Waals surface area contributed by atoms with E-state index in [-0.39, 0.29) is 5.82 Å². The van der Waals surface area contributed by atoms with Crippen LogP contribution in [-0.2, 0) is 7.05 Å². The second-order valence-electron chi connectivity index (χ2n) is 3.36. The van der Waals surface area contributed by atoms with Gasteiger partial charge in [-0.2, -0.15) is 0 Å². The average molecular weight is 241 g/mol. The first kappa shape index (κ1) is 10.9. The van der Waals surface area contributed by atoms with Crippen molar-refractivity contribution < 1.29 is 4.39 Å². The van der Waals surface area contributed by atoms with Crippen LogP contribution in [0.25, 0.3) is 0 Å². The minimum Gasteiger partial charge on any atom is -0.314 e. The summed E-state index contributed by atoms with van der Waals surface area (Å²) in [7, 11) is 3.57. The number of halogens is 2. The van der Waals surface area contributed by atoms with E-state index in [1.165, 1.54) is 12.1 Å². The van der Waals surface area contributed by atoms with Crippen LogP contribution >= 0.6 is 11.6 Å². The predicted molar refractivity (Wildman–Crippen MR) is 60.5 cm³/mol. The molecule has 0 amide bonds. The van der Waals surface area contributed by atoms with Gasteiger partial charge in [-0.05, 0) is 35.9 Å². The van der Waals surface area contributed by atoms with Gasteiger partial charge in [-0.1, -0.05) is 0 Å². The fourth-order valence-corrected chi connectivity index (χ4v) is 1.49. The number of nitrogens with zero attached hydrogens (tertiary/aromatic N) is 4. The Bertz CT molecular complexity index is 494. The molecule has 4 nitrogen and oxygen atoms in total. The van der Waals surface area contributed by atoms with Crippen LogP contribution < -0.4 is 4.90 Å². The molecule has 1 aromatic carbocycles. The smallest absolute Gasteiger partial charge is 0.232 e. The van der Waals surface area contributed by atoms with Gasteiger partial charge in [0.15, 0.2) is 0 Å². The van der Waals surface area contributed by atoms with Crippen LogP contribution in [0.2, 0.25) is 5.28 Å². The standard InChI is InChI=1S/C10H10ClFN4/c1-15(8-5-3-7(12)4-6-8)10-14-13-9(11)16(10)2/h3-6H,1-2H3. The topological polar surface area (TPSA) is 34.0 Å². The second-order valence-corrected chi connectivity index (χ2v) is 3.70. The highest BCUT2D eigenvalue weighted by atomic mass is 35.5. The average Bonchev–Trinajstić information content (AvgIpc) is 2.60. The van der Waals surface area contributed by atoms with E-state index in [2.05, 4.69) is 10.2 Å². The summed E-state index contributed by atoms with van der Waals surface area (Å²) >= 11 is 5.79. The quantitative estimate of drug-likeness (QED) is 0.808. The van der Waals surface area contributed by atoms with Gasteiger partial charge >= 0.3 is 0 Å². The summed E-state index contributed by atoms with van der Waals surface area (Å²) in [5, 5.41) is 7.98. The summed E-state index contributed by atoms with van der Waals surface area (Å²) in [5.41, 5.74) is 0.813. The third kappa shape index (κ3) is 1.86. The van der Waals surface area contributed by atoms with Crippen molar-refractivity contribution in [2.45, 2.75) is 0 Å². The molecule has 1 aromatic heterocycles. The molecule has 0 radical (unpaired) electrons. The van der Waals surface area contributed by atoms with Crippen molar-refractivity contribution in [3.63, 3.8) is 0 Å². The highest BCUT2D eigenvalue weighted by molar-refractivity contribution is 6.28. The van der Waals surface area contributed by atoms with E-state index in [4.69, 9.17) is 11.6 Å². The van der Waals surface area contributed by atoms with Crippen molar-refractivity contribution in [3.8, 4) is 0 Å². The molecule has 0 saturated heterocycles. The summed E-state index contributed by atoms with van der Waals surface area (Å²) in [5.74, 6) is 0.324. The van der Waals surface area contributed by atoms with Crippen molar-refractivity contribution in [3.05, 3.63) is 35.4 Å². The fourth-order valence-electron chi connectivity index (χ4n) is 1.37. The predicted octanol–water partition coefficient (Wildman–Crippen LogP) is 2.38. The first-order valence-corrected chi connectivity index (χ1v) is 5.01. The molecular formula is C10H10ClFN4. The van der Waals surface area contributed by atoms with Crippen LogP contribution in [0.5, 0.6) is 0 Å². The number of aromatic nitrogens is 3. The number of hydrogen-bond donors (Lipinski definition) is 0. The molecule has 84 valence electrons. The van der Waals surface area contributed by atoms with Gasteiger partial charge in [-0.25, -0.2) is 4.39 Å². The lowest BCUT2D eigenvalue weighted by atomic mass is 10.3. The fraction of sp³-hybridized carbons (Fsp3) is 0.200. The molecule has 0 aliphatic carbocycles. The van der Waals surface area contributed by atoms with E-state index in [1.807, 2.05) is 7.05 Å². The molecule has 16 heavy (non-hydrogen) atoms. The lowest BCUT2D eigenvalue weighted by Crippen LogP contribution is -2.14. The van der Waals surface area contributed by atoms with E-state index < -0.39 is 0 Å². The Balaban J connectivity index is 2.35. The third-order valence-corrected chi connectivity index (χ3v) is 2.64. The molecule has 2 aromatic rings. The molecular weight excluding hydrogens is 231 g/mol. The van der Waals surface area contributed by atoms with Crippen LogP contribution in [0.15, 0.2) is 24.3 Å². The van der Waals surface area contributed by atoms with Gasteiger partial charge in [-0.3, -0.25) is 4.57 Å². The molecule has 1 heterocycles. The molecule has 6 heteroatoms. The first-order valence-electron chi connectivity index (χ1n) is 4.64. The zero-order valence-corrected chi connectivity index (χ0v) is 9.61. The minimum atomic E-state index is -0.270. The van der Waals surface area contributed by atoms with Crippen molar-refractivity contribution in [1.82, 2.24) is 14.8 Å². The van der Waals surface area contributed by atoms with Gasteiger partial charge in [0.2, 0.25) is 11.2 Å². The van der Waals surface area contributed by atoms with E-state index in [1.54, 1.807) is 28.6 Å². The van der Waals surface area contributed by atoms with Gasteiger partial charge in [0.05, 0.1) is 0 Å². The molecule has 0 bridgehead atoms. The number of anilines is 2. The van der Waals surface area contributed by atoms with Crippen molar-refractivity contribution in [2.75, 3.05) is 11.9 Å². The van der Waals surface area contributed by atoms with Crippen LogP contribution in [-0.4, -0.2) is 21.8 Å². The lowest BCUT2D eigenvalue weighted by molar-refractivity contribution is 0.628. The van der Waals surface area contributed by atoms with Gasteiger partial charge in [0, 0.05) is 19.8 Å². The highest BCUT2D eigenvalue weighted by Crippen LogP contribution is 2.22. The van der Waals surface area contributed by atoms with Crippen LogP contribution in [0.3, 0.4) is 0 Å². The summed E-state index contributed by atoms with van der Waals surface area (Å²) in [6, 6.07) is 6.11. The van der Waals surface area contributed by atoms with Crippen LogP contribution in [0.4, 0.5) is 16.0 Å². The first-order chi connectivity index (χ1) is 7.59. The van der Waals surface area contributed by atoms with Crippen molar-refractivity contribution in [2.24, 2.45) is 7.05 Å². The summed E-state index contributed by atoms with van der Waals surface area (Å²) < 4.78 is 14.4. The summed E-state index contributed by atoms with van der Waals surface area (Å²) in [6.45, 7) is 0. The van der Waals surface area contributed by atoms with Crippen molar-refractivity contribution >= 4 is 23.2 Å². The molecule has 0 N–H and O–H groups in total. The molecule has 0 aliphatic rings. The molecule has 0 atom stereocenters. The van der Waals surface area contributed by atoms with E-state index in [0.717, 1.165) is 5.69 Å². The van der Waals surface area contributed by atoms with E-state index in [9.17, 15) is 4.39 Å². The lowest BCUT2D eigenvalue weighted by Gasteiger charge is -2.17. The molecule has 0 unspecified atom stereocenters. The van der Waals surface area contributed by atoms with E-state index in [0.29, 0.717) is 11.2 Å². The maximum absolute atomic E-state index is 12.8. The zero-order chi connectivity index (χ0) is 11.7. The van der Waals surface area contributed by atoms with E-state index >= 15 is 0 Å². The Morgan fingerprint density at radius 1 is 1.25 bits per heavy atom. The molecule has 0 aliphatic heterocycles. The SMILES string of the molecule is CN(c1ccc(F)cc1)c1nnc(Cl)n1C. The third-order valence-electron chi connectivity index (χ3n) is 2.31. The molecule has 2 rings (SSSR count). The zero-order valence-electron chi connectivity index (χ0n) is 8.85. The van der Waals surface area contributed by atoms with Crippen molar-refractivity contribution in [1.29, 1.82) is 0 Å². The molecule has 0 spiro atoms. The van der Waals surface area contributed by atoms with Crippen LogP contribution in [0.1, 0.15) is 0 Å². The van der Waals surface area contributed by atoms with Gasteiger partial charge in [-0.15, -0.1) is 10.2 Å². The normalized spacial score (nSPS) is 10.5. The summed E-state index contributed by atoms with van der Waals surface area (Å²) in [6.07, 6.45) is 0. The maximum atomic E-state index is 12.8. The highest BCUT2D eigenvalue weighted by Gasteiger charge is 2.12. The maximum Gasteiger partial charge on any atom is 0.232 e. The van der Waals surface area contributed by atoms with Gasteiger partial charge in [0.1, 0.15) is 5.82 Å². The Morgan fingerprint density at radius 2 is 1.88 bits per heavy atom. The monoisotopic (exact) mass is 240 g/mol. The summed E-state index contributed by atoms with van der Waals surface area (Å²) in [4.78, 5) is 1.78. The number of hydrogen-bond acceptors (Lipinski definition) is 3. The Labute approximate surface area is 97.3 Å².